The molecule has 0 radical (unpaired) electrons. The fraction of sp³-hybridized carbons (Fsp3) is 0.500. The molecule has 3 aliphatic rings. The quantitative estimate of drug-likeness (QED) is 0.445. The van der Waals surface area contributed by atoms with Gasteiger partial charge in [0.15, 0.2) is 11.5 Å². The predicted molar refractivity (Wildman–Crippen MR) is 105 cm³/mol. The summed E-state index contributed by atoms with van der Waals surface area (Å²) in [5, 5.41) is 5.28. The first-order valence-corrected chi connectivity index (χ1v) is 9.84. The lowest BCUT2D eigenvalue weighted by molar-refractivity contribution is -0.140. The maximum atomic E-state index is 12.7. The minimum atomic E-state index is -0.346. The third kappa shape index (κ3) is 3.21. The van der Waals surface area contributed by atoms with Crippen LogP contribution in [0.3, 0.4) is 0 Å². The molecule has 4 atom stereocenters. The molecule has 6 nitrogen and oxygen atoms in total. The molecule has 4 rings (SSSR count). The van der Waals surface area contributed by atoms with Gasteiger partial charge in [-0.05, 0) is 69.7 Å². The van der Waals surface area contributed by atoms with E-state index in [0.29, 0.717) is 18.1 Å². The lowest BCUT2D eigenvalue weighted by Crippen LogP contribution is -2.28. The standard InChI is InChI=1S/C22H26N2O4/c1-5-27-17-10-13(6-9-16(17)28-22(2,3)4)12-23-24-20(25)18-14-7-8-15(11-14)19(18)21(24)26/h6-10,12,14-15,18-19H,5,11H2,1-4H3. The number of hydrogen-bond donors (Lipinski definition) is 0. The van der Waals surface area contributed by atoms with E-state index in [1.807, 2.05) is 45.9 Å². The molecule has 1 saturated heterocycles. The molecule has 4 unspecified atom stereocenters. The lowest BCUT2D eigenvalue weighted by atomic mass is 9.85. The van der Waals surface area contributed by atoms with E-state index in [1.54, 1.807) is 0 Å². The first kappa shape index (κ1) is 18.7. The molecule has 28 heavy (non-hydrogen) atoms. The van der Waals surface area contributed by atoms with Crippen LogP contribution in [0.5, 0.6) is 11.5 Å². The van der Waals surface area contributed by atoms with Crippen molar-refractivity contribution in [2.45, 2.75) is 39.7 Å². The zero-order valence-electron chi connectivity index (χ0n) is 16.7. The largest absolute Gasteiger partial charge is 0.490 e. The summed E-state index contributed by atoms with van der Waals surface area (Å²) in [6, 6.07) is 5.47. The molecule has 1 aliphatic heterocycles. The number of rotatable bonds is 5. The molecule has 2 amide bonds. The minimum Gasteiger partial charge on any atom is -0.490 e. The molecule has 0 spiro atoms. The highest BCUT2D eigenvalue weighted by molar-refractivity contribution is 6.06. The number of carbonyl (C=O) groups excluding carboxylic acids is 2. The zero-order chi connectivity index (χ0) is 20.1. The van der Waals surface area contributed by atoms with Crippen molar-refractivity contribution >= 4 is 18.0 Å². The van der Waals surface area contributed by atoms with Crippen molar-refractivity contribution < 1.29 is 19.1 Å². The second-order valence-electron chi connectivity index (χ2n) is 8.59. The molecule has 0 N–H and O–H groups in total. The van der Waals surface area contributed by atoms with Crippen LogP contribution >= 0.6 is 0 Å². The maximum absolute atomic E-state index is 12.7. The number of hydrogen-bond acceptors (Lipinski definition) is 5. The Labute approximate surface area is 165 Å². The molecule has 1 heterocycles. The van der Waals surface area contributed by atoms with Gasteiger partial charge in [-0.3, -0.25) is 9.59 Å². The summed E-state index contributed by atoms with van der Waals surface area (Å²) in [6.45, 7) is 8.33. The second-order valence-corrected chi connectivity index (χ2v) is 8.59. The van der Waals surface area contributed by atoms with Crippen LogP contribution in [-0.4, -0.2) is 35.2 Å². The van der Waals surface area contributed by atoms with Gasteiger partial charge in [-0.15, -0.1) is 0 Å². The number of hydrazone groups is 1. The Morgan fingerprint density at radius 1 is 1.11 bits per heavy atom. The van der Waals surface area contributed by atoms with Gasteiger partial charge in [0.2, 0.25) is 0 Å². The first-order chi connectivity index (χ1) is 13.3. The van der Waals surface area contributed by atoms with Crippen LogP contribution in [-0.2, 0) is 9.59 Å². The summed E-state index contributed by atoms with van der Waals surface area (Å²) in [6.07, 6.45) is 6.60. The number of benzene rings is 1. The first-order valence-electron chi connectivity index (χ1n) is 9.84. The Morgan fingerprint density at radius 3 is 2.32 bits per heavy atom. The van der Waals surface area contributed by atoms with Crippen molar-refractivity contribution in [1.29, 1.82) is 0 Å². The predicted octanol–water partition coefficient (Wildman–Crippen LogP) is 3.40. The third-order valence-corrected chi connectivity index (χ3v) is 5.45. The van der Waals surface area contributed by atoms with Crippen molar-refractivity contribution in [3.63, 3.8) is 0 Å². The number of ether oxygens (including phenoxy) is 2. The number of fused-ring (bicyclic) bond motifs is 5. The number of nitrogens with zero attached hydrogens (tertiary/aromatic N) is 2. The molecule has 148 valence electrons. The summed E-state index contributed by atoms with van der Waals surface area (Å²) in [4.78, 5) is 25.4. The van der Waals surface area contributed by atoms with E-state index in [2.05, 4.69) is 17.3 Å². The third-order valence-electron chi connectivity index (χ3n) is 5.45. The van der Waals surface area contributed by atoms with Crippen molar-refractivity contribution in [2.75, 3.05) is 6.61 Å². The Morgan fingerprint density at radius 2 is 1.75 bits per heavy atom. The van der Waals surface area contributed by atoms with Crippen LogP contribution in [0, 0.1) is 23.7 Å². The molecule has 1 aromatic rings. The van der Waals surface area contributed by atoms with E-state index in [0.717, 1.165) is 17.0 Å². The van der Waals surface area contributed by atoms with Gasteiger partial charge in [0.25, 0.3) is 11.8 Å². The second kappa shape index (κ2) is 6.76. The molecular formula is C22H26N2O4. The van der Waals surface area contributed by atoms with Crippen LogP contribution in [0.15, 0.2) is 35.5 Å². The Hall–Kier alpha value is -2.63. The van der Waals surface area contributed by atoms with E-state index < -0.39 is 0 Å². The van der Waals surface area contributed by atoms with Crippen LogP contribution in [0.4, 0.5) is 0 Å². The molecule has 1 saturated carbocycles. The maximum Gasteiger partial charge on any atom is 0.254 e. The average Bonchev–Trinajstić information content (AvgIpc) is 3.29. The van der Waals surface area contributed by atoms with Gasteiger partial charge in [0.05, 0.1) is 24.7 Å². The van der Waals surface area contributed by atoms with Gasteiger partial charge in [0, 0.05) is 0 Å². The molecular weight excluding hydrogens is 356 g/mol. The van der Waals surface area contributed by atoms with E-state index in [1.165, 1.54) is 6.21 Å². The Kier molecular flexibility index (Phi) is 4.52. The lowest BCUT2D eigenvalue weighted by Gasteiger charge is -2.23. The average molecular weight is 382 g/mol. The minimum absolute atomic E-state index is 0.180. The normalized spacial score (nSPS) is 28.5. The van der Waals surface area contributed by atoms with E-state index in [-0.39, 0.29) is 41.1 Å². The fourth-order valence-electron chi connectivity index (χ4n) is 4.41. The van der Waals surface area contributed by atoms with Gasteiger partial charge in [-0.1, -0.05) is 12.2 Å². The van der Waals surface area contributed by atoms with Crippen LogP contribution in [0.1, 0.15) is 39.7 Å². The van der Waals surface area contributed by atoms with Gasteiger partial charge in [0.1, 0.15) is 5.60 Å². The molecule has 2 bridgehead atoms. The molecule has 2 aliphatic carbocycles. The fourth-order valence-corrected chi connectivity index (χ4v) is 4.41. The van der Waals surface area contributed by atoms with Crippen LogP contribution in [0.2, 0.25) is 0 Å². The summed E-state index contributed by atoms with van der Waals surface area (Å²) in [5.41, 5.74) is 0.393. The van der Waals surface area contributed by atoms with Gasteiger partial charge < -0.3 is 9.47 Å². The molecule has 1 aromatic carbocycles. The van der Waals surface area contributed by atoms with Crippen molar-refractivity contribution in [1.82, 2.24) is 5.01 Å². The Bertz CT molecular complexity index is 838. The Balaban J connectivity index is 1.54. The summed E-state index contributed by atoms with van der Waals surface area (Å²) in [5.74, 6) is 0.802. The van der Waals surface area contributed by atoms with Gasteiger partial charge >= 0.3 is 0 Å². The summed E-state index contributed by atoms with van der Waals surface area (Å²) >= 11 is 0. The van der Waals surface area contributed by atoms with Crippen molar-refractivity contribution in [3.05, 3.63) is 35.9 Å². The molecule has 6 heteroatoms. The number of imide groups is 1. The topological polar surface area (TPSA) is 68.2 Å². The monoisotopic (exact) mass is 382 g/mol. The summed E-state index contributed by atoms with van der Waals surface area (Å²) in [7, 11) is 0. The molecule has 2 fully saturated rings. The van der Waals surface area contributed by atoms with E-state index in [9.17, 15) is 9.59 Å². The SMILES string of the molecule is CCOc1cc(C=NN2C(=O)C3C4C=CC(C4)C3C2=O)ccc1OC(C)(C)C. The highest BCUT2D eigenvalue weighted by Gasteiger charge is 2.59. The number of carbonyl (C=O) groups is 2. The smallest absolute Gasteiger partial charge is 0.254 e. The van der Waals surface area contributed by atoms with Crippen molar-refractivity contribution in [2.24, 2.45) is 28.8 Å². The molecule has 0 aromatic heterocycles. The van der Waals surface area contributed by atoms with E-state index in [4.69, 9.17) is 9.47 Å². The number of allylic oxidation sites excluding steroid dienone is 2. The van der Waals surface area contributed by atoms with E-state index >= 15 is 0 Å². The van der Waals surface area contributed by atoms with Crippen LogP contribution in [0.25, 0.3) is 0 Å². The highest BCUT2D eigenvalue weighted by Crippen LogP contribution is 2.52. The van der Waals surface area contributed by atoms with Crippen LogP contribution < -0.4 is 9.47 Å². The van der Waals surface area contributed by atoms with Crippen molar-refractivity contribution in [3.8, 4) is 11.5 Å². The summed E-state index contributed by atoms with van der Waals surface area (Å²) < 4.78 is 11.6. The van der Waals surface area contributed by atoms with Gasteiger partial charge in [-0.2, -0.15) is 10.1 Å². The zero-order valence-corrected chi connectivity index (χ0v) is 16.7. The number of amides is 2. The van der Waals surface area contributed by atoms with Gasteiger partial charge in [-0.25, -0.2) is 0 Å². The highest BCUT2D eigenvalue weighted by atomic mass is 16.5.